The molecule has 0 unspecified atom stereocenters. The van der Waals surface area contributed by atoms with Gasteiger partial charge < -0.3 is 5.73 Å². The zero-order valence-corrected chi connectivity index (χ0v) is 11.1. The first kappa shape index (κ1) is 12.8. The van der Waals surface area contributed by atoms with Gasteiger partial charge in [-0.15, -0.1) is 0 Å². The molecule has 5 nitrogen and oxygen atoms in total. The number of rotatable bonds is 4. The van der Waals surface area contributed by atoms with Crippen molar-refractivity contribution >= 4 is 27.2 Å². The standard InChI is InChI=1S/C10H17N3O2S2/c11-7-9-1-4-13(5-2-9)17(14,15)12-10-3-6-16-8-10/h3,6,8-9,12H,1-2,4-5,7,11H2. The van der Waals surface area contributed by atoms with Gasteiger partial charge in [-0.2, -0.15) is 24.1 Å². The molecule has 0 saturated carbocycles. The highest BCUT2D eigenvalue weighted by molar-refractivity contribution is 7.90. The van der Waals surface area contributed by atoms with E-state index in [1.165, 1.54) is 15.6 Å². The van der Waals surface area contributed by atoms with E-state index >= 15 is 0 Å². The maximum Gasteiger partial charge on any atom is 0.301 e. The summed E-state index contributed by atoms with van der Waals surface area (Å²) in [5, 5.41) is 3.63. The van der Waals surface area contributed by atoms with Gasteiger partial charge in [0.05, 0.1) is 5.69 Å². The van der Waals surface area contributed by atoms with Crippen molar-refractivity contribution in [1.82, 2.24) is 4.31 Å². The molecule has 7 heteroatoms. The third-order valence-electron chi connectivity index (χ3n) is 3.01. The van der Waals surface area contributed by atoms with Crippen LogP contribution in [0.25, 0.3) is 0 Å². The fourth-order valence-electron chi connectivity index (χ4n) is 1.92. The molecule has 3 N–H and O–H groups in total. The molecule has 0 aliphatic carbocycles. The molecule has 1 aromatic rings. The molecule has 1 aliphatic rings. The highest BCUT2D eigenvalue weighted by Crippen LogP contribution is 2.21. The largest absolute Gasteiger partial charge is 0.330 e. The number of hydrogen-bond acceptors (Lipinski definition) is 4. The van der Waals surface area contributed by atoms with Crippen LogP contribution in [-0.2, 0) is 10.2 Å². The number of thiophene rings is 1. The van der Waals surface area contributed by atoms with E-state index in [1.54, 1.807) is 11.4 Å². The van der Waals surface area contributed by atoms with Gasteiger partial charge in [-0.25, -0.2) is 0 Å². The predicted molar refractivity (Wildman–Crippen MR) is 70.2 cm³/mol. The Morgan fingerprint density at radius 2 is 2.18 bits per heavy atom. The average Bonchev–Trinajstić information content (AvgIpc) is 2.81. The smallest absolute Gasteiger partial charge is 0.301 e. The SMILES string of the molecule is NCC1CCN(S(=O)(=O)Nc2ccsc2)CC1. The summed E-state index contributed by atoms with van der Waals surface area (Å²) in [6, 6.07) is 1.76. The molecule has 96 valence electrons. The summed E-state index contributed by atoms with van der Waals surface area (Å²) < 4.78 is 28.1. The lowest BCUT2D eigenvalue weighted by Crippen LogP contribution is -2.42. The monoisotopic (exact) mass is 275 g/mol. The number of nitrogens with zero attached hydrogens (tertiary/aromatic N) is 1. The van der Waals surface area contributed by atoms with Crippen LogP contribution < -0.4 is 10.5 Å². The second-order valence-electron chi connectivity index (χ2n) is 4.20. The fourth-order valence-corrected chi connectivity index (χ4v) is 3.83. The van der Waals surface area contributed by atoms with E-state index in [9.17, 15) is 8.42 Å². The second-order valence-corrected chi connectivity index (χ2v) is 6.65. The first-order chi connectivity index (χ1) is 8.12. The van der Waals surface area contributed by atoms with E-state index in [0.29, 0.717) is 31.2 Å². The number of nitrogens with one attached hydrogen (secondary N) is 1. The topological polar surface area (TPSA) is 75.4 Å². The van der Waals surface area contributed by atoms with Gasteiger partial charge in [0.2, 0.25) is 0 Å². The third-order valence-corrected chi connectivity index (χ3v) is 5.24. The Morgan fingerprint density at radius 1 is 1.47 bits per heavy atom. The lowest BCUT2D eigenvalue weighted by molar-refractivity contribution is 0.280. The van der Waals surface area contributed by atoms with Gasteiger partial charge in [0, 0.05) is 18.5 Å². The lowest BCUT2D eigenvalue weighted by Gasteiger charge is -2.30. The summed E-state index contributed by atoms with van der Waals surface area (Å²) in [6.07, 6.45) is 1.70. The summed E-state index contributed by atoms with van der Waals surface area (Å²) in [5.41, 5.74) is 6.22. The Hall–Kier alpha value is -0.630. The van der Waals surface area contributed by atoms with E-state index in [0.717, 1.165) is 12.8 Å². The summed E-state index contributed by atoms with van der Waals surface area (Å²) in [4.78, 5) is 0. The number of hydrogen-bond donors (Lipinski definition) is 2. The minimum absolute atomic E-state index is 0.461. The molecule has 2 heterocycles. The van der Waals surface area contributed by atoms with Crippen molar-refractivity contribution in [1.29, 1.82) is 0 Å². The van der Waals surface area contributed by atoms with E-state index in [4.69, 9.17) is 5.73 Å². The first-order valence-electron chi connectivity index (χ1n) is 5.62. The van der Waals surface area contributed by atoms with Gasteiger partial charge in [0.25, 0.3) is 0 Å². The van der Waals surface area contributed by atoms with E-state index in [2.05, 4.69) is 4.72 Å². The molecular weight excluding hydrogens is 258 g/mol. The zero-order chi connectivity index (χ0) is 12.3. The Bertz CT molecular complexity index is 436. The second kappa shape index (κ2) is 5.34. The van der Waals surface area contributed by atoms with Crippen LogP contribution >= 0.6 is 11.3 Å². The Kier molecular flexibility index (Phi) is 4.03. The van der Waals surface area contributed by atoms with Crippen LogP contribution in [0.2, 0.25) is 0 Å². The van der Waals surface area contributed by atoms with Crippen LogP contribution in [0, 0.1) is 5.92 Å². The summed E-state index contributed by atoms with van der Waals surface area (Å²) in [6.45, 7) is 1.76. The van der Waals surface area contributed by atoms with Crippen molar-refractivity contribution in [2.24, 2.45) is 11.7 Å². The predicted octanol–water partition coefficient (Wildman–Crippen LogP) is 1.08. The summed E-state index contributed by atoms with van der Waals surface area (Å²) >= 11 is 1.47. The zero-order valence-electron chi connectivity index (χ0n) is 9.50. The van der Waals surface area contributed by atoms with Crippen LogP contribution in [-0.4, -0.2) is 32.4 Å². The molecule has 0 amide bonds. The molecule has 1 saturated heterocycles. The minimum Gasteiger partial charge on any atom is -0.330 e. The maximum absolute atomic E-state index is 12.0. The van der Waals surface area contributed by atoms with E-state index in [1.807, 2.05) is 5.38 Å². The molecule has 17 heavy (non-hydrogen) atoms. The van der Waals surface area contributed by atoms with Crippen molar-refractivity contribution < 1.29 is 8.42 Å². The molecule has 0 bridgehead atoms. The van der Waals surface area contributed by atoms with Gasteiger partial charge in [0.1, 0.15) is 0 Å². The summed E-state index contributed by atoms with van der Waals surface area (Å²) in [7, 11) is -3.39. The van der Waals surface area contributed by atoms with Gasteiger partial charge in [0.15, 0.2) is 0 Å². The maximum atomic E-state index is 12.0. The minimum atomic E-state index is -3.39. The Balaban J connectivity index is 1.97. The van der Waals surface area contributed by atoms with Crippen LogP contribution in [0.3, 0.4) is 0 Å². The molecule has 1 fully saturated rings. The normalized spacial score (nSPS) is 19.4. The van der Waals surface area contributed by atoms with Crippen molar-refractivity contribution in [2.45, 2.75) is 12.8 Å². The van der Waals surface area contributed by atoms with Gasteiger partial charge in [-0.3, -0.25) is 4.72 Å². The first-order valence-corrected chi connectivity index (χ1v) is 8.00. The highest BCUT2D eigenvalue weighted by Gasteiger charge is 2.27. The van der Waals surface area contributed by atoms with E-state index in [-0.39, 0.29) is 0 Å². The Morgan fingerprint density at radius 3 is 2.71 bits per heavy atom. The quantitative estimate of drug-likeness (QED) is 0.863. The van der Waals surface area contributed by atoms with Gasteiger partial charge in [-0.05, 0) is 36.8 Å². The van der Waals surface area contributed by atoms with Crippen LogP contribution in [0.15, 0.2) is 16.8 Å². The van der Waals surface area contributed by atoms with Crippen molar-refractivity contribution in [3.05, 3.63) is 16.8 Å². The third kappa shape index (κ3) is 3.19. The molecule has 0 aromatic carbocycles. The lowest BCUT2D eigenvalue weighted by atomic mass is 9.99. The number of nitrogens with two attached hydrogens (primary N) is 1. The molecule has 0 radical (unpaired) electrons. The van der Waals surface area contributed by atoms with Crippen molar-refractivity contribution in [3.63, 3.8) is 0 Å². The molecule has 1 aromatic heterocycles. The number of piperidine rings is 1. The van der Waals surface area contributed by atoms with Gasteiger partial charge >= 0.3 is 10.2 Å². The number of anilines is 1. The summed E-state index contributed by atoms with van der Waals surface area (Å²) in [5.74, 6) is 0.461. The highest BCUT2D eigenvalue weighted by atomic mass is 32.2. The van der Waals surface area contributed by atoms with Crippen LogP contribution in [0.1, 0.15) is 12.8 Å². The fraction of sp³-hybridized carbons (Fsp3) is 0.600. The van der Waals surface area contributed by atoms with Crippen LogP contribution in [0.4, 0.5) is 5.69 Å². The van der Waals surface area contributed by atoms with Gasteiger partial charge in [-0.1, -0.05) is 0 Å². The molecular formula is C10H17N3O2S2. The van der Waals surface area contributed by atoms with E-state index < -0.39 is 10.2 Å². The Labute approximate surface area is 106 Å². The molecule has 0 atom stereocenters. The van der Waals surface area contributed by atoms with Crippen molar-refractivity contribution in [2.75, 3.05) is 24.4 Å². The average molecular weight is 275 g/mol. The molecule has 1 aliphatic heterocycles. The molecule has 2 rings (SSSR count). The van der Waals surface area contributed by atoms with Crippen molar-refractivity contribution in [3.8, 4) is 0 Å². The molecule has 0 spiro atoms. The van der Waals surface area contributed by atoms with Crippen LogP contribution in [0.5, 0.6) is 0 Å².